The Balaban J connectivity index is 1.96. The predicted molar refractivity (Wildman–Crippen MR) is 94.4 cm³/mol. The highest BCUT2D eigenvalue weighted by Gasteiger charge is 2.21. The molecule has 0 aliphatic carbocycles. The number of hydrogen-bond acceptors (Lipinski definition) is 5. The van der Waals surface area contributed by atoms with Crippen molar-refractivity contribution in [1.82, 2.24) is 0 Å². The molecule has 7 heteroatoms. The number of para-hydroxylation sites is 1. The summed E-state index contributed by atoms with van der Waals surface area (Å²) < 4.78 is 0. The van der Waals surface area contributed by atoms with Gasteiger partial charge in [0.05, 0.1) is 10.6 Å². The monoisotopic (exact) mass is 343 g/mol. The first-order valence-electron chi connectivity index (χ1n) is 7.60. The lowest BCUT2D eigenvalue weighted by Crippen LogP contribution is -2.24. The molecule has 0 aromatic heterocycles. The fraction of sp³-hybridized carbons (Fsp3) is 0.235. The molecule has 1 aliphatic rings. The molecular formula is C17H17N3O3S. The average molecular weight is 343 g/mol. The van der Waals surface area contributed by atoms with Crippen LogP contribution in [0.5, 0.6) is 0 Å². The van der Waals surface area contributed by atoms with Gasteiger partial charge in [0.15, 0.2) is 0 Å². The first-order valence-corrected chi connectivity index (χ1v) is 8.58. The zero-order valence-electron chi connectivity index (χ0n) is 13.0. The molecule has 2 N–H and O–H groups in total. The molecule has 6 nitrogen and oxygen atoms in total. The molecule has 1 aliphatic heterocycles. The van der Waals surface area contributed by atoms with Gasteiger partial charge in [-0.2, -0.15) is 0 Å². The van der Waals surface area contributed by atoms with Gasteiger partial charge in [0.1, 0.15) is 0 Å². The molecule has 1 heterocycles. The number of benzene rings is 2. The molecule has 124 valence electrons. The van der Waals surface area contributed by atoms with E-state index in [1.54, 1.807) is 23.9 Å². The molecule has 0 radical (unpaired) electrons. The largest absolute Gasteiger partial charge is 0.366 e. The molecule has 3 rings (SSSR count). The predicted octanol–water partition coefficient (Wildman–Crippen LogP) is 3.20. The third-order valence-electron chi connectivity index (χ3n) is 3.96. The van der Waals surface area contributed by atoms with Crippen molar-refractivity contribution in [3.05, 3.63) is 63.7 Å². The highest BCUT2D eigenvalue weighted by molar-refractivity contribution is 7.99. The van der Waals surface area contributed by atoms with E-state index in [4.69, 9.17) is 5.73 Å². The van der Waals surface area contributed by atoms with Crippen molar-refractivity contribution in [3.8, 4) is 0 Å². The van der Waals surface area contributed by atoms with E-state index in [-0.39, 0.29) is 11.3 Å². The lowest BCUT2D eigenvalue weighted by atomic mass is 10.1. The van der Waals surface area contributed by atoms with Gasteiger partial charge in [0, 0.05) is 35.2 Å². The van der Waals surface area contributed by atoms with Crippen LogP contribution in [0, 0.1) is 10.1 Å². The SMILES string of the molecule is NC(=O)c1ccc(CN2CCCSc3ccccc32)c([N+](=O)[O-])c1. The van der Waals surface area contributed by atoms with Gasteiger partial charge in [-0.25, -0.2) is 0 Å². The zero-order valence-corrected chi connectivity index (χ0v) is 13.8. The Morgan fingerprint density at radius 2 is 2.08 bits per heavy atom. The maximum Gasteiger partial charge on any atom is 0.275 e. The second kappa shape index (κ2) is 6.92. The van der Waals surface area contributed by atoms with E-state index in [9.17, 15) is 14.9 Å². The second-order valence-electron chi connectivity index (χ2n) is 5.56. The normalized spacial score (nSPS) is 13.9. The fourth-order valence-electron chi connectivity index (χ4n) is 2.79. The average Bonchev–Trinajstić information content (AvgIpc) is 2.77. The van der Waals surface area contributed by atoms with Gasteiger partial charge in [-0.05, 0) is 36.4 Å². The summed E-state index contributed by atoms with van der Waals surface area (Å²) in [6.45, 7) is 1.26. The highest BCUT2D eigenvalue weighted by Crippen LogP contribution is 2.35. The quantitative estimate of drug-likeness (QED) is 0.680. The van der Waals surface area contributed by atoms with Crippen LogP contribution in [-0.4, -0.2) is 23.1 Å². The van der Waals surface area contributed by atoms with Crippen LogP contribution in [0.3, 0.4) is 0 Å². The third-order valence-corrected chi connectivity index (χ3v) is 5.11. The van der Waals surface area contributed by atoms with E-state index < -0.39 is 10.8 Å². The van der Waals surface area contributed by atoms with E-state index in [1.807, 2.05) is 18.2 Å². The van der Waals surface area contributed by atoms with E-state index in [2.05, 4.69) is 11.0 Å². The highest BCUT2D eigenvalue weighted by atomic mass is 32.2. The zero-order chi connectivity index (χ0) is 17.1. The van der Waals surface area contributed by atoms with Crippen LogP contribution in [0.1, 0.15) is 22.3 Å². The van der Waals surface area contributed by atoms with Gasteiger partial charge in [-0.3, -0.25) is 14.9 Å². The van der Waals surface area contributed by atoms with Crippen molar-refractivity contribution in [2.24, 2.45) is 5.73 Å². The van der Waals surface area contributed by atoms with Gasteiger partial charge >= 0.3 is 0 Å². The number of rotatable bonds is 4. The van der Waals surface area contributed by atoms with E-state index in [1.165, 1.54) is 11.0 Å². The first-order chi connectivity index (χ1) is 11.6. The summed E-state index contributed by atoms with van der Waals surface area (Å²) in [4.78, 5) is 25.5. The molecule has 2 aromatic rings. The summed E-state index contributed by atoms with van der Waals surface area (Å²) in [5.41, 5.74) is 6.97. The minimum Gasteiger partial charge on any atom is -0.366 e. The molecule has 2 aromatic carbocycles. The smallest absolute Gasteiger partial charge is 0.275 e. The van der Waals surface area contributed by atoms with Crippen LogP contribution < -0.4 is 10.6 Å². The van der Waals surface area contributed by atoms with Crippen molar-refractivity contribution in [1.29, 1.82) is 0 Å². The standard InChI is InChI=1S/C17H17N3O3S/c18-17(21)12-6-7-13(15(10-12)20(22)23)11-19-8-3-9-24-16-5-2-1-4-14(16)19/h1-2,4-7,10H,3,8-9,11H2,(H2,18,21). The van der Waals surface area contributed by atoms with Crippen molar-refractivity contribution in [3.63, 3.8) is 0 Å². The number of thioether (sulfide) groups is 1. The van der Waals surface area contributed by atoms with Gasteiger partial charge in [0.25, 0.3) is 5.69 Å². The molecule has 0 unspecified atom stereocenters. The minimum absolute atomic E-state index is 0.0688. The summed E-state index contributed by atoms with van der Waals surface area (Å²) in [6, 6.07) is 12.5. The maximum atomic E-state index is 11.4. The van der Waals surface area contributed by atoms with Crippen molar-refractivity contribution in [2.45, 2.75) is 17.9 Å². The molecule has 24 heavy (non-hydrogen) atoms. The van der Waals surface area contributed by atoms with Gasteiger partial charge < -0.3 is 10.6 Å². The molecule has 0 bridgehead atoms. The number of nitro groups is 1. The molecule has 0 saturated carbocycles. The van der Waals surface area contributed by atoms with Gasteiger partial charge in [-0.1, -0.05) is 12.1 Å². The molecular weight excluding hydrogens is 326 g/mol. The Labute approximate surface area is 143 Å². The Hall–Kier alpha value is -2.54. The summed E-state index contributed by atoms with van der Waals surface area (Å²) >= 11 is 1.80. The Bertz CT molecular complexity index is 794. The molecule has 0 saturated heterocycles. The number of fused-ring (bicyclic) bond motifs is 1. The number of hydrogen-bond donors (Lipinski definition) is 1. The maximum absolute atomic E-state index is 11.4. The van der Waals surface area contributed by atoms with E-state index in [0.717, 1.165) is 24.4 Å². The van der Waals surface area contributed by atoms with Crippen molar-refractivity contribution < 1.29 is 9.72 Å². The van der Waals surface area contributed by atoms with Crippen molar-refractivity contribution in [2.75, 3.05) is 17.2 Å². The number of nitro benzene ring substituents is 1. The first kappa shape index (κ1) is 16.3. The molecule has 1 amide bonds. The lowest BCUT2D eigenvalue weighted by molar-refractivity contribution is -0.385. The summed E-state index contributed by atoms with van der Waals surface area (Å²) in [5, 5.41) is 11.4. The number of amides is 1. The number of nitrogens with two attached hydrogens (primary N) is 1. The van der Waals surface area contributed by atoms with Crippen LogP contribution in [0.25, 0.3) is 0 Å². The van der Waals surface area contributed by atoms with Crippen molar-refractivity contribution >= 4 is 29.0 Å². The second-order valence-corrected chi connectivity index (χ2v) is 6.69. The molecule has 0 atom stereocenters. The van der Waals surface area contributed by atoms with Crippen LogP contribution in [0.4, 0.5) is 11.4 Å². The van der Waals surface area contributed by atoms with Crippen LogP contribution in [0.15, 0.2) is 47.4 Å². The Morgan fingerprint density at radius 3 is 2.83 bits per heavy atom. The number of primary amides is 1. The Kier molecular flexibility index (Phi) is 4.71. The third kappa shape index (κ3) is 3.35. The lowest BCUT2D eigenvalue weighted by Gasteiger charge is -2.24. The number of anilines is 1. The van der Waals surface area contributed by atoms with E-state index in [0.29, 0.717) is 12.1 Å². The summed E-state index contributed by atoms with van der Waals surface area (Å²) in [5.74, 6) is 0.358. The number of carbonyl (C=O) groups is 1. The van der Waals surface area contributed by atoms with E-state index >= 15 is 0 Å². The van der Waals surface area contributed by atoms with Gasteiger partial charge in [-0.15, -0.1) is 11.8 Å². The van der Waals surface area contributed by atoms with Crippen LogP contribution in [-0.2, 0) is 6.54 Å². The minimum atomic E-state index is -0.666. The molecule has 0 fully saturated rings. The topological polar surface area (TPSA) is 89.5 Å². The number of nitrogens with zero attached hydrogens (tertiary/aromatic N) is 2. The molecule has 0 spiro atoms. The van der Waals surface area contributed by atoms with Crippen LogP contribution >= 0.6 is 11.8 Å². The van der Waals surface area contributed by atoms with Gasteiger partial charge in [0.2, 0.25) is 5.91 Å². The fourth-order valence-corrected chi connectivity index (χ4v) is 3.80. The number of carbonyl (C=O) groups excluding carboxylic acids is 1. The van der Waals surface area contributed by atoms with Crippen LogP contribution in [0.2, 0.25) is 0 Å². The summed E-state index contributed by atoms with van der Waals surface area (Å²) in [6.07, 6.45) is 1.01. The Morgan fingerprint density at radius 1 is 1.29 bits per heavy atom. The summed E-state index contributed by atoms with van der Waals surface area (Å²) in [7, 11) is 0.